The van der Waals surface area contributed by atoms with Crippen LogP contribution in [0.4, 0.5) is 14.5 Å². The summed E-state index contributed by atoms with van der Waals surface area (Å²) in [5, 5.41) is 2.38. The highest BCUT2D eigenvalue weighted by Gasteiger charge is 2.11. The van der Waals surface area contributed by atoms with E-state index in [-0.39, 0.29) is 54.0 Å². The van der Waals surface area contributed by atoms with Gasteiger partial charge in [-0.3, -0.25) is 4.99 Å². The summed E-state index contributed by atoms with van der Waals surface area (Å²) in [5.74, 6) is -1.77. The van der Waals surface area contributed by atoms with E-state index in [4.69, 9.17) is 5.73 Å². The Kier molecular flexibility index (Phi) is 8.78. The largest absolute Gasteiger partial charge is 0.370 e. The lowest BCUT2D eigenvalue weighted by Gasteiger charge is -2.09. The van der Waals surface area contributed by atoms with Crippen LogP contribution in [-0.2, 0) is 10.0 Å². The van der Waals surface area contributed by atoms with Gasteiger partial charge in [0, 0.05) is 12.1 Å². The van der Waals surface area contributed by atoms with Gasteiger partial charge in [0.05, 0.1) is 18.0 Å². The van der Waals surface area contributed by atoms with E-state index in [2.05, 4.69) is 15.0 Å². The highest BCUT2D eigenvalue weighted by Crippen LogP contribution is 2.14. The molecule has 1 rings (SSSR count). The second-order valence-corrected chi connectivity index (χ2v) is 6.48. The molecule has 0 fully saturated rings. The van der Waals surface area contributed by atoms with Gasteiger partial charge in [-0.2, -0.15) is 0 Å². The normalized spacial score (nSPS) is 12.1. The first kappa shape index (κ1) is 21.0. The van der Waals surface area contributed by atoms with Crippen molar-refractivity contribution in [3.63, 3.8) is 0 Å². The topological polar surface area (TPSA) is 96.6 Å². The summed E-state index contributed by atoms with van der Waals surface area (Å²) in [6.45, 7) is 3.30. The highest BCUT2D eigenvalue weighted by atomic mass is 127. The smallest absolute Gasteiger partial charge is 0.213 e. The van der Waals surface area contributed by atoms with E-state index in [1.165, 1.54) is 0 Å². The van der Waals surface area contributed by atoms with Crippen molar-refractivity contribution in [2.24, 2.45) is 10.7 Å². The average Bonchev–Trinajstić information content (AvgIpc) is 2.31. The zero-order valence-corrected chi connectivity index (χ0v) is 15.3. The second-order valence-electron chi connectivity index (χ2n) is 4.61. The molecular weight excluding hydrogens is 429 g/mol. The van der Waals surface area contributed by atoms with Crippen molar-refractivity contribution in [3.05, 3.63) is 29.8 Å². The lowest BCUT2D eigenvalue weighted by Crippen LogP contribution is -2.33. The Bertz CT molecular complexity index is 624. The van der Waals surface area contributed by atoms with Gasteiger partial charge in [-0.25, -0.2) is 21.9 Å². The predicted octanol–water partition coefficient (Wildman–Crippen LogP) is 1.64. The summed E-state index contributed by atoms with van der Waals surface area (Å²) < 4.78 is 51.7. The van der Waals surface area contributed by atoms with Crippen LogP contribution >= 0.6 is 24.0 Å². The van der Waals surface area contributed by atoms with Gasteiger partial charge in [0.25, 0.3) is 0 Å². The zero-order chi connectivity index (χ0) is 16.0. The zero-order valence-electron chi connectivity index (χ0n) is 12.1. The maximum Gasteiger partial charge on any atom is 0.213 e. The Hall–Kier alpha value is -1.01. The van der Waals surface area contributed by atoms with Crippen LogP contribution in [0, 0.1) is 11.6 Å². The molecule has 0 saturated heterocycles. The van der Waals surface area contributed by atoms with E-state index in [1.54, 1.807) is 13.8 Å². The van der Waals surface area contributed by atoms with Crippen molar-refractivity contribution in [2.75, 3.05) is 17.6 Å². The van der Waals surface area contributed by atoms with Crippen LogP contribution in [0.1, 0.15) is 13.8 Å². The number of anilines is 1. The standard InChI is InChI=1S/C12H18F2N4O2S.HI/c1-8(2)18-21(19,20)6-5-16-12(15)17-11-7-9(13)3-4-10(11)14;/h3-4,7-8,18H,5-6H2,1-2H3,(H3,15,16,17);1H. The third kappa shape index (κ3) is 7.84. The van der Waals surface area contributed by atoms with Crippen molar-refractivity contribution in [2.45, 2.75) is 19.9 Å². The SMILES string of the molecule is CC(C)NS(=O)(=O)CCN=C(N)Nc1cc(F)ccc1F.I. The number of benzene rings is 1. The van der Waals surface area contributed by atoms with Crippen molar-refractivity contribution in [1.82, 2.24) is 4.72 Å². The third-order valence-electron chi connectivity index (χ3n) is 2.25. The number of rotatable bonds is 6. The summed E-state index contributed by atoms with van der Waals surface area (Å²) in [7, 11) is -3.44. The van der Waals surface area contributed by atoms with Gasteiger partial charge in [-0.05, 0) is 26.0 Å². The Morgan fingerprint density at radius 1 is 1.36 bits per heavy atom. The molecule has 0 amide bonds. The van der Waals surface area contributed by atoms with Gasteiger partial charge in [-0.1, -0.05) is 0 Å². The lowest BCUT2D eigenvalue weighted by molar-refractivity contribution is 0.570. The minimum absolute atomic E-state index is 0. The van der Waals surface area contributed by atoms with E-state index in [0.717, 1.165) is 18.2 Å². The molecular formula is C12H19F2IN4O2S. The molecule has 1 aromatic rings. The predicted molar refractivity (Wildman–Crippen MR) is 93.9 cm³/mol. The molecule has 0 bridgehead atoms. The van der Waals surface area contributed by atoms with Gasteiger partial charge < -0.3 is 11.1 Å². The van der Waals surface area contributed by atoms with Crippen molar-refractivity contribution in [1.29, 1.82) is 0 Å². The summed E-state index contributed by atoms with van der Waals surface area (Å²) in [5.41, 5.74) is 5.32. The number of sulfonamides is 1. The van der Waals surface area contributed by atoms with Crippen LogP contribution in [-0.4, -0.2) is 32.7 Å². The molecule has 6 nitrogen and oxygen atoms in total. The van der Waals surface area contributed by atoms with Crippen molar-refractivity contribution in [3.8, 4) is 0 Å². The van der Waals surface area contributed by atoms with Crippen LogP contribution in [0.15, 0.2) is 23.2 Å². The van der Waals surface area contributed by atoms with Gasteiger partial charge in [0.15, 0.2) is 5.96 Å². The number of nitrogens with one attached hydrogen (secondary N) is 2. The summed E-state index contributed by atoms with van der Waals surface area (Å²) in [4.78, 5) is 3.76. The molecule has 1 aromatic carbocycles. The fourth-order valence-electron chi connectivity index (χ4n) is 1.48. The number of nitrogens with zero attached hydrogens (tertiary/aromatic N) is 1. The lowest BCUT2D eigenvalue weighted by atomic mass is 10.3. The maximum atomic E-state index is 13.3. The van der Waals surface area contributed by atoms with Crippen LogP contribution in [0.3, 0.4) is 0 Å². The summed E-state index contributed by atoms with van der Waals surface area (Å²) >= 11 is 0. The van der Waals surface area contributed by atoms with E-state index >= 15 is 0 Å². The van der Waals surface area contributed by atoms with Crippen LogP contribution < -0.4 is 15.8 Å². The molecule has 0 heterocycles. The molecule has 0 aliphatic heterocycles. The minimum Gasteiger partial charge on any atom is -0.370 e. The van der Waals surface area contributed by atoms with Crippen molar-refractivity contribution < 1.29 is 17.2 Å². The monoisotopic (exact) mass is 448 g/mol. The van der Waals surface area contributed by atoms with Crippen LogP contribution in [0.25, 0.3) is 0 Å². The average molecular weight is 448 g/mol. The molecule has 0 saturated carbocycles. The number of hydrogen-bond acceptors (Lipinski definition) is 3. The van der Waals surface area contributed by atoms with Crippen molar-refractivity contribution >= 4 is 45.6 Å². The van der Waals surface area contributed by atoms with Crippen LogP contribution in [0.5, 0.6) is 0 Å². The van der Waals surface area contributed by atoms with E-state index in [1.807, 2.05) is 0 Å². The number of hydrogen-bond donors (Lipinski definition) is 3. The Morgan fingerprint density at radius 3 is 2.59 bits per heavy atom. The van der Waals surface area contributed by atoms with Crippen LogP contribution in [0.2, 0.25) is 0 Å². The molecule has 4 N–H and O–H groups in total. The Balaban J connectivity index is 0.00000441. The third-order valence-corrected chi connectivity index (χ3v) is 3.80. The first-order valence-electron chi connectivity index (χ1n) is 6.21. The Labute approximate surface area is 145 Å². The van der Waals surface area contributed by atoms with E-state index in [9.17, 15) is 17.2 Å². The quantitative estimate of drug-likeness (QED) is 0.350. The molecule has 10 heteroatoms. The molecule has 126 valence electrons. The molecule has 22 heavy (non-hydrogen) atoms. The first-order valence-corrected chi connectivity index (χ1v) is 7.87. The van der Waals surface area contributed by atoms with E-state index in [0.29, 0.717) is 0 Å². The Morgan fingerprint density at radius 2 is 2.00 bits per heavy atom. The van der Waals surface area contributed by atoms with E-state index < -0.39 is 21.7 Å². The highest BCUT2D eigenvalue weighted by molar-refractivity contribution is 14.0. The number of halogens is 3. The molecule has 0 unspecified atom stereocenters. The van der Waals surface area contributed by atoms with Gasteiger partial charge in [0.2, 0.25) is 10.0 Å². The molecule has 0 aliphatic rings. The number of nitrogens with two attached hydrogens (primary N) is 1. The molecule has 0 aliphatic carbocycles. The first-order chi connectivity index (χ1) is 9.69. The molecule has 0 aromatic heterocycles. The maximum absolute atomic E-state index is 13.3. The second kappa shape index (κ2) is 9.20. The fourth-order valence-corrected chi connectivity index (χ4v) is 2.64. The molecule has 0 spiro atoms. The van der Waals surface area contributed by atoms with Gasteiger partial charge in [0.1, 0.15) is 11.6 Å². The number of guanidine groups is 1. The van der Waals surface area contributed by atoms with Gasteiger partial charge >= 0.3 is 0 Å². The minimum atomic E-state index is -3.44. The number of aliphatic imine (C=N–C) groups is 1. The fraction of sp³-hybridized carbons (Fsp3) is 0.417. The van der Waals surface area contributed by atoms with Gasteiger partial charge in [-0.15, -0.1) is 24.0 Å². The summed E-state index contributed by atoms with van der Waals surface area (Å²) in [6, 6.07) is 2.63. The summed E-state index contributed by atoms with van der Waals surface area (Å²) in [6.07, 6.45) is 0. The molecule has 0 atom stereocenters. The molecule has 0 radical (unpaired) electrons.